The minimum absolute atomic E-state index is 0.134. The molecule has 0 spiro atoms. The summed E-state index contributed by atoms with van der Waals surface area (Å²) in [5.74, 6) is -4.35. The quantitative estimate of drug-likeness (QED) is 0.349. The molecule has 3 aromatic rings. The van der Waals surface area contributed by atoms with Crippen LogP contribution in [0.1, 0.15) is 42.0 Å². The van der Waals surface area contributed by atoms with E-state index in [4.69, 9.17) is 4.74 Å². The van der Waals surface area contributed by atoms with Crippen molar-refractivity contribution < 1.29 is 24.1 Å². The number of aliphatic hydroxyl groups excluding tert-OH is 1. The first-order valence-corrected chi connectivity index (χ1v) is 12.2. The van der Waals surface area contributed by atoms with Gasteiger partial charge in [0.25, 0.3) is 5.56 Å². The van der Waals surface area contributed by atoms with Gasteiger partial charge in [0.1, 0.15) is 6.10 Å². The Morgan fingerprint density at radius 2 is 1.78 bits per heavy atom. The molecule has 0 bridgehead atoms. The van der Waals surface area contributed by atoms with Gasteiger partial charge in [0, 0.05) is 27.5 Å². The van der Waals surface area contributed by atoms with Crippen LogP contribution in [-0.2, 0) is 9.53 Å². The highest BCUT2D eigenvalue weighted by Gasteiger charge is 2.58. The van der Waals surface area contributed by atoms with Crippen LogP contribution in [0.4, 0.5) is 4.39 Å². The van der Waals surface area contributed by atoms with Crippen molar-refractivity contribution in [2.45, 2.75) is 59.3 Å². The van der Waals surface area contributed by atoms with Gasteiger partial charge >= 0.3 is 5.69 Å². The molecule has 5 atom stereocenters. The number of carbonyl (C=O) groups excluding carboxylic acids is 1. The summed E-state index contributed by atoms with van der Waals surface area (Å²) in [6, 6.07) is 14.9. The number of halogens is 1. The number of H-pyrrole nitrogens is 2. The number of carbonyl (C=O) groups is 1. The van der Waals surface area contributed by atoms with E-state index in [2.05, 4.69) is 10.3 Å². The third-order valence-electron chi connectivity index (χ3n) is 6.72. The Hall–Kier alpha value is -3.25. The number of aliphatic hydroxyl groups is 2. The number of benzene rings is 2. The van der Waals surface area contributed by atoms with Crippen molar-refractivity contribution in [3.05, 3.63) is 92.3 Å². The predicted octanol–water partition coefficient (Wildman–Crippen LogP) is 1.71. The smallest absolute Gasteiger partial charge is 0.325 e. The maximum atomic E-state index is 15.1. The predicted molar refractivity (Wildman–Crippen MR) is 128 cm³/mol. The maximum Gasteiger partial charge on any atom is 0.325 e. The largest absolute Gasteiger partial charge is 0.387 e. The molecule has 0 saturated carbocycles. The summed E-state index contributed by atoms with van der Waals surface area (Å²) in [4.78, 5) is 42.8. The van der Waals surface area contributed by atoms with Crippen LogP contribution in [0.2, 0.25) is 0 Å². The first-order chi connectivity index (χ1) is 17.2. The van der Waals surface area contributed by atoms with Crippen LogP contribution in [0, 0.1) is 0 Å². The van der Waals surface area contributed by atoms with E-state index >= 15 is 4.39 Å². The Labute approximate surface area is 208 Å². The molecular formula is C25H24FN3O6S. The first kappa shape index (κ1) is 24.4. The van der Waals surface area contributed by atoms with Crippen molar-refractivity contribution in [1.82, 2.24) is 15.3 Å². The van der Waals surface area contributed by atoms with Gasteiger partial charge < -0.3 is 25.3 Å². The standard InChI is InChI=1S/C25H24FN3O6S/c1-12(15-11-27-24(33)29-23(15)32)25(34)22(26)21(31)16(35-25)10-19(30)28-20-13-6-2-4-8-17(13)36-18-9-5-3-7-14(18)20/h2-9,11-12,16,20-22,31,34H,10H2,1H3,(H,28,30)(H2,27,29,32,33)/t12?,16-,21-,22?,25+/m0/s1. The number of nitrogens with one attached hydrogen (secondary N) is 3. The number of hydrogen-bond donors (Lipinski definition) is 5. The van der Waals surface area contributed by atoms with E-state index in [-0.39, 0.29) is 5.56 Å². The summed E-state index contributed by atoms with van der Waals surface area (Å²) >= 11 is 1.60. The highest BCUT2D eigenvalue weighted by molar-refractivity contribution is 7.99. The molecule has 188 valence electrons. The summed E-state index contributed by atoms with van der Waals surface area (Å²) in [6.07, 6.45) is -4.84. The van der Waals surface area contributed by atoms with E-state index in [9.17, 15) is 24.6 Å². The molecule has 11 heteroatoms. The van der Waals surface area contributed by atoms with Crippen molar-refractivity contribution in [3.63, 3.8) is 0 Å². The van der Waals surface area contributed by atoms with Crippen molar-refractivity contribution in [2.75, 3.05) is 0 Å². The van der Waals surface area contributed by atoms with Gasteiger partial charge in [-0.2, -0.15) is 0 Å². The molecule has 2 aliphatic heterocycles. The maximum absolute atomic E-state index is 15.1. The highest BCUT2D eigenvalue weighted by atomic mass is 32.2. The van der Waals surface area contributed by atoms with E-state index in [0.717, 1.165) is 27.1 Å². The van der Waals surface area contributed by atoms with Crippen molar-refractivity contribution >= 4 is 17.7 Å². The van der Waals surface area contributed by atoms with Crippen LogP contribution >= 0.6 is 11.8 Å². The van der Waals surface area contributed by atoms with E-state index in [1.165, 1.54) is 6.92 Å². The van der Waals surface area contributed by atoms with Crippen LogP contribution in [-0.4, -0.2) is 50.3 Å². The van der Waals surface area contributed by atoms with E-state index in [0.29, 0.717) is 0 Å². The minimum Gasteiger partial charge on any atom is -0.387 e. The molecule has 5 N–H and O–H groups in total. The highest BCUT2D eigenvalue weighted by Crippen LogP contribution is 2.45. The zero-order chi connectivity index (χ0) is 25.6. The average Bonchev–Trinajstić information content (AvgIpc) is 3.07. The fraction of sp³-hybridized carbons (Fsp3) is 0.320. The molecule has 5 rings (SSSR count). The Bertz CT molecular complexity index is 1380. The zero-order valence-corrected chi connectivity index (χ0v) is 19.9. The van der Waals surface area contributed by atoms with Crippen LogP contribution in [0.5, 0.6) is 0 Å². The fourth-order valence-corrected chi connectivity index (χ4v) is 5.88. The lowest BCUT2D eigenvalue weighted by Crippen LogP contribution is -2.46. The molecular weight excluding hydrogens is 489 g/mol. The lowest BCUT2D eigenvalue weighted by molar-refractivity contribution is -0.227. The number of amides is 1. The number of fused-ring (bicyclic) bond motifs is 2. The molecule has 36 heavy (non-hydrogen) atoms. The lowest BCUT2D eigenvalue weighted by Gasteiger charge is -2.31. The number of aromatic nitrogens is 2. The van der Waals surface area contributed by atoms with Crippen LogP contribution < -0.4 is 16.6 Å². The summed E-state index contributed by atoms with van der Waals surface area (Å²) < 4.78 is 20.6. The normalized spacial score (nSPS) is 26.2. The molecule has 3 heterocycles. The summed E-state index contributed by atoms with van der Waals surface area (Å²) in [5, 5.41) is 24.4. The molecule has 2 unspecified atom stereocenters. The van der Waals surface area contributed by atoms with Crippen molar-refractivity contribution in [2.24, 2.45) is 0 Å². The molecule has 0 radical (unpaired) electrons. The lowest BCUT2D eigenvalue weighted by atomic mass is 9.89. The number of alkyl halides is 1. The van der Waals surface area contributed by atoms with Gasteiger partial charge in [-0.15, -0.1) is 0 Å². The van der Waals surface area contributed by atoms with Gasteiger partial charge in [0.05, 0.1) is 18.6 Å². The number of ether oxygens (including phenoxy) is 1. The second-order valence-corrected chi connectivity index (χ2v) is 10.0. The Morgan fingerprint density at radius 1 is 1.17 bits per heavy atom. The zero-order valence-electron chi connectivity index (χ0n) is 19.1. The average molecular weight is 514 g/mol. The number of hydrogen-bond acceptors (Lipinski definition) is 7. The number of rotatable bonds is 5. The third kappa shape index (κ3) is 4.17. The Kier molecular flexibility index (Phi) is 6.33. The van der Waals surface area contributed by atoms with E-state index < -0.39 is 59.7 Å². The van der Waals surface area contributed by atoms with Crippen LogP contribution in [0.25, 0.3) is 0 Å². The fourth-order valence-electron chi connectivity index (χ4n) is 4.75. The minimum atomic E-state index is -2.59. The van der Waals surface area contributed by atoms with Gasteiger partial charge in [-0.25, -0.2) is 9.18 Å². The van der Waals surface area contributed by atoms with E-state index in [1.807, 2.05) is 53.5 Å². The molecule has 1 fully saturated rings. The van der Waals surface area contributed by atoms with Crippen molar-refractivity contribution in [1.29, 1.82) is 0 Å². The van der Waals surface area contributed by atoms with Gasteiger partial charge in [-0.1, -0.05) is 55.1 Å². The molecule has 1 aromatic heterocycles. The topological polar surface area (TPSA) is 145 Å². The number of aromatic amines is 2. The molecule has 9 nitrogen and oxygen atoms in total. The first-order valence-electron chi connectivity index (χ1n) is 11.4. The van der Waals surface area contributed by atoms with Crippen LogP contribution in [0.15, 0.2) is 74.1 Å². The van der Waals surface area contributed by atoms with E-state index in [1.54, 1.807) is 11.8 Å². The molecule has 1 amide bonds. The summed E-state index contributed by atoms with van der Waals surface area (Å²) in [5.41, 5.74) is 0.107. The summed E-state index contributed by atoms with van der Waals surface area (Å²) in [6.45, 7) is 1.33. The summed E-state index contributed by atoms with van der Waals surface area (Å²) in [7, 11) is 0. The Balaban J connectivity index is 1.35. The second kappa shape index (κ2) is 9.32. The molecule has 0 aliphatic carbocycles. The Morgan fingerprint density at radius 3 is 2.39 bits per heavy atom. The van der Waals surface area contributed by atoms with Gasteiger partial charge in [-0.05, 0) is 23.3 Å². The molecule has 2 aromatic carbocycles. The second-order valence-electron chi connectivity index (χ2n) is 8.93. The SMILES string of the molecule is CC(c1c[nH]c(=O)[nH]c1=O)[C@@]1(O)O[C@@H](CC(=O)NC2c3ccccc3Sc3ccccc32)[C@H](O)C1F. The van der Waals surface area contributed by atoms with Gasteiger partial charge in [-0.3, -0.25) is 14.6 Å². The van der Waals surface area contributed by atoms with Gasteiger partial charge in [0.2, 0.25) is 11.7 Å². The van der Waals surface area contributed by atoms with Gasteiger partial charge in [0.15, 0.2) is 6.17 Å². The van der Waals surface area contributed by atoms with Crippen molar-refractivity contribution in [3.8, 4) is 0 Å². The third-order valence-corrected chi connectivity index (χ3v) is 7.91. The monoisotopic (exact) mass is 513 g/mol. The molecule has 2 aliphatic rings. The van der Waals surface area contributed by atoms with Crippen LogP contribution in [0.3, 0.4) is 0 Å². The molecule has 1 saturated heterocycles.